The number of hydrogen-bond acceptors (Lipinski definition) is 4. The fourth-order valence-electron chi connectivity index (χ4n) is 3.05. The lowest BCUT2D eigenvalue weighted by Gasteiger charge is -2.36. The third-order valence-corrected chi connectivity index (χ3v) is 11.1. The summed E-state index contributed by atoms with van der Waals surface area (Å²) in [6.07, 6.45) is 1.12. The Morgan fingerprint density at radius 3 is 2.21 bits per heavy atom. The van der Waals surface area contributed by atoms with Crippen molar-refractivity contribution in [1.82, 2.24) is 9.88 Å². The van der Waals surface area contributed by atoms with Gasteiger partial charge in [0.25, 0.3) is 0 Å². The van der Waals surface area contributed by atoms with Crippen LogP contribution in [-0.2, 0) is 28.6 Å². The number of benzene rings is 1. The largest absolute Gasteiger partial charge is 0.444 e. The van der Waals surface area contributed by atoms with Crippen molar-refractivity contribution in [3.8, 4) is 0 Å². The van der Waals surface area contributed by atoms with Crippen LogP contribution in [-0.4, -0.2) is 43.0 Å². The van der Waals surface area contributed by atoms with Crippen LogP contribution in [0.4, 0.5) is 4.79 Å². The van der Waals surface area contributed by atoms with Gasteiger partial charge in [0.1, 0.15) is 5.60 Å². The summed E-state index contributed by atoms with van der Waals surface area (Å²) >= 11 is 3.52. The lowest BCUT2D eigenvalue weighted by Crippen LogP contribution is -2.40. The average molecular weight is 550 g/mol. The molecule has 0 spiro atoms. The number of carbonyl (C=O) groups is 1. The van der Waals surface area contributed by atoms with Crippen molar-refractivity contribution in [2.24, 2.45) is 0 Å². The first-order valence-electron chi connectivity index (χ1n) is 12.0. The average Bonchev–Trinajstić information content (AvgIpc) is 2.70. The van der Waals surface area contributed by atoms with Crippen LogP contribution in [0.1, 0.15) is 58.5 Å². The normalized spacial score (nSPS) is 12.5. The summed E-state index contributed by atoms with van der Waals surface area (Å²) in [7, 11) is -1.84. The second-order valence-electron chi connectivity index (χ2n) is 11.3. The molecule has 1 aromatic heterocycles. The highest BCUT2D eigenvalue weighted by Crippen LogP contribution is 2.37. The van der Waals surface area contributed by atoms with E-state index in [1.165, 1.54) is 5.56 Å². The summed E-state index contributed by atoms with van der Waals surface area (Å²) in [5.74, 6) is 0. The summed E-state index contributed by atoms with van der Waals surface area (Å²) in [5.41, 5.74) is 2.52. The Bertz CT molecular complexity index is 951. The molecule has 2 aromatic rings. The molecular formula is C27H41BrN2O3Si. The van der Waals surface area contributed by atoms with Crippen LogP contribution < -0.4 is 0 Å². The van der Waals surface area contributed by atoms with Gasteiger partial charge in [0, 0.05) is 29.7 Å². The molecule has 0 aliphatic heterocycles. The van der Waals surface area contributed by atoms with Crippen LogP contribution >= 0.6 is 15.9 Å². The van der Waals surface area contributed by atoms with Crippen molar-refractivity contribution >= 4 is 30.3 Å². The summed E-state index contributed by atoms with van der Waals surface area (Å²) in [6.45, 7) is 18.5. The van der Waals surface area contributed by atoms with E-state index in [-0.39, 0.29) is 11.1 Å². The molecule has 0 bridgehead atoms. The number of hydrogen-bond donors (Lipinski definition) is 0. The number of amides is 1. The molecule has 0 N–H and O–H groups in total. The van der Waals surface area contributed by atoms with Crippen molar-refractivity contribution in [2.45, 2.75) is 84.7 Å². The third kappa shape index (κ3) is 9.51. The van der Waals surface area contributed by atoms with Gasteiger partial charge < -0.3 is 14.1 Å². The SMILES string of the molecule is CC(C)(C)OC(=O)N(CCc1cccc(Br)c1)CCc1cccc(CO[Si](C)(C)C(C)(C)C)n1. The molecule has 1 aromatic carbocycles. The van der Waals surface area contributed by atoms with Crippen LogP contribution in [0.2, 0.25) is 18.1 Å². The van der Waals surface area contributed by atoms with Gasteiger partial charge in [-0.05, 0) is 75.2 Å². The van der Waals surface area contributed by atoms with Crippen LogP contribution in [0.5, 0.6) is 0 Å². The molecule has 0 fully saturated rings. The minimum atomic E-state index is -1.84. The second-order valence-corrected chi connectivity index (χ2v) is 17.0. The molecule has 0 radical (unpaired) electrons. The number of rotatable bonds is 9. The third-order valence-electron chi connectivity index (χ3n) is 6.10. The van der Waals surface area contributed by atoms with E-state index in [0.29, 0.717) is 26.1 Å². The number of aromatic nitrogens is 1. The molecule has 1 heterocycles. The van der Waals surface area contributed by atoms with E-state index < -0.39 is 13.9 Å². The summed E-state index contributed by atoms with van der Waals surface area (Å²) < 4.78 is 13.0. The number of ether oxygens (including phenoxy) is 1. The topological polar surface area (TPSA) is 51.7 Å². The van der Waals surface area contributed by atoms with Gasteiger partial charge in [-0.2, -0.15) is 0 Å². The molecule has 0 unspecified atom stereocenters. The number of pyridine rings is 1. The molecule has 188 valence electrons. The van der Waals surface area contributed by atoms with Crippen molar-refractivity contribution < 1.29 is 14.0 Å². The predicted octanol–water partition coefficient (Wildman–Crippen LogP) is 7.39. The first-order valence-corrected chi connectivity index (χ1v) is 15.7. The molecule has 2 rings (SSSR count). The Hall–Kier alpha value is -1.70. The smallest absolute Gasteiger partial charge is 0.410 e. The van der Waals surface area contributed by atoms with E-state index in [9.17, 15) is 4.79 Å². The standard InChI is InChI=1S/C27H41BrN2O3Si/c1-26(2,3)33-25(31)30(17-15-21-11-9-12-22(28)19-21)18-16-23-13-10-14-24(29-23)20-32-34(7,8)27(4,5)6/h9-14,19H,15-18,20H2,1-8H3. The first kappa shape index (κ1) is 28.5. The Labute approximate surface area is 215 Å². The fourth-order valence-corrected chi connectivity index (χ4v) is 4.44. The van der Waals surface area contributed by atoms with Crippen molar-refractivity contribution in [2.75, 3.05) is 13.1 Å². The van der Waals surface area contributed by atoms with Gasteiger partial charge in [0.15, 0.2) is 8.32 Å². The highest BCUT2D eigenvalue weighted by atomic mass is 79.9. The van der Waals surface area contributed by atoms with E-state index in [1.54, 1.807) is 4.90 Å². The predicted molar refractivity (Wildman–Crippen MR) is 146 cm³/mol. The van der Waals surface area contributed by atoms with Gasteiger partial charge in [0.05, 0.1) is 12.3 Å². The molecule has 0 atom stereocenters. The molecule has 0 saturated carbocycles. The van der Waals surface area contributed by atoms with E-state index >= 15 is 0 Å². The molecule has 0 saturated heterocycles. The Morgan fingerprint density at radius 2 is 1.59 bits per heavy atom. The zero-order valence-corrected chi connectivity index (χ0v) is 24.7. The number of halogens is 1. The highest BCUT2D eigenvalue weighted by molar-refractivity contribution is 9.10. The van der Waals surface area contributed by atoms with E-state index in [4.69, 9.17) is 14.1 Å². The fraction of sp³-hybridized carbons (Fsp3) is 0.556. The van der Waals surface area contributed by atoms with Gasteiger partial charge in [-0.15, -0.1) is 0 Å². The van der Waals surface area contributed by atoms with Crippen molar-refractivity contribution in [3.63, 3.8) is 0 Å². The zero-order valence-electron chi connectivity index (χ0n) is 22.1. The maximum atomic E-state index is 12.9. The number of carbonyl (C=O) groups excluding carboxylic acids is 1. The monoisotopic (exact) mass is 548 g/mol. The molecule has 0 aliphatic carbocycles. The van der Waals surface area contributed by atoms with E-state index in [1.807, 2.05) is 51.1 Å². The Balaban J connectivity index is 2.05. The number of nitrogens with zero attached hydrogens (tertiary/aromatic N) is 2. The summed E-state index contributed by atoms with van der Waals surface area (Å²) in [4.78, 5) is 19.5. The van der Waals surface area contributed by atoms with Gasteiger partial charge in [0.2, 0.25) is 0 Å². The molecule has 1 amide bonds. The van der Waals surface area contributed by atoms with Crippen LogP contribution in [0, 0.1) is 0 Å². The lowest BCUT2D eigenvalue weighted by atomic mass is 10.1. The molecule has 0 aliphatic rings. The molecule has 34 heavy (non-hydrogen) atoms. The lowest BCUT2D eigenvalue weighted by molar-refractivity contribution is 0.0253. The minimum absolute atomic E-state index is 0.160. The van der Waals surface area contributed by atoms with Gasteiger partial charge in [-0.3, -0.25) is 4.98 Å². The summed E-state index contributed by atoms with van der Waals surface area (Å²) in [5, 5.41) is 0.160. The highest BCUT2D eigenvalue weighted by Gasteiger charge is 2.37. The first-order chi connectivity index (χ1) is 15.7. The maximum Gasteiger partial charge on any atom is 0.410 e. The van der Waals surface area contributed by atoms with Gasteiger partial charge in [-0.1, -0.05) is 54.9 Å². The quantitative estimate of drug-likeness (QED) is 0.306. The van der Waals surface area contributed by atoms with Crippen LogP contribution in [0.3, 0.4) is 0 Å². The maximum absolute atomic E-state index is 12.9. The van der Waals surface area contributed by atoms with Gasteiger partial charge in [-0.25, -0.2) is 4.79 Å². The zero-order chi connectivity index (χ0) is 25.6. The van der Waals surface area contributed by atoms with E-state index in [0.717, 1.165) is 22.3 Å². The summed E-state index contributed by atoms with van der Waals surface area (Å²) in [6, 6.07) is 14.2. The van der Waals surface area contributed by atoms with Crippen LogP contribution in [0.25, 0.3) is 0 Å². The molecule has 5 nitrogen and oxygen atoms in total. The van der Waals surface area contributed by atoms with Gasteiger partial charge >= 0.3 is 6.09 Å². The minimum Gasteiger partial charge on any atom is -0.444 e. The van der Waals surface area contributed by atoms with Crippen LogP contribution in [0.15, 0.2) is 46.9 Å². The second kappa shape index (κ2) is 11.8. The van der Waals surface area contributed by atoms with Crippen molar-refractivity contribution in [1.29, 1.82) is 0 Å². The Morgan fingerprint density at radius 1 is 0.971 bits per heavy atom. The van der Waals surface area contributed by atoms with E-state index in [2.05, 4.69) is 61.9 Å². The molecule has 7 heteroatoms. The van der Waals surface area contributed by atoms with Crippen molar-refractivity contribution in [3.05, 3.63) is 63.9 Å². The Kier molecular flexibility index (Phi) is 9.92. The molecular weight excluding hydrogens is 508 g/mol.